The first-order valence-electron chi connectivity index (χ1n) is 9.98. The highest BCUT2D eigenvalue weighted by atomic mass is 32.1. The van der Waals surface area contributed by atoms with Gasteiger partial charge in [0, 0.05) is 23.6 Å². The molecule has 4 aromatic rings. The van der Waals surface area contributed by atoms with Gasteiger partial charge in [-0.05, 0) is 6.07 Å². The van der Waals surface area contributed by atoms with Gasteiger partial charge in [0.2, 0.25) is 0 Å². The van der Waals surface area contributed by atoms with Gasteiger partial charge in [0.15, 0.2) is 17.4 Å². The molecule has 0 aliphatic carbocycles. The molecule has 0 aliphatic rings. The molecule has 0 saturated heterocycles. The number of aliphatic imine (C=N–C) groups is 1. The summed E-state index contributed by atoms with van der Waals surface area (Å²) < 4.78 is 6.33. The highest BCUT2D eigenvalue weighted by molar-refractivity contribution is 7.20. The minimum absolute atomic E-state index is 0.0452. The molecule has 2 aromatic heterocycles. The number of thiophene rings is 1. The van der Waals surface area contributed by atoms with Gasteiger partial charge in [0.05, 0.1) is 34.3 Å². The summed E-state index contributed by atoms with van der Waals surface area (Å²) in [5, 5.41) is 8.83. The minimum Gasteiger partial charge on any atom is -0.493 e. The molecule has 4 rings (SSSR count). The molecule has 160 valence electrons. The molecule has 0 spiro atoms. The van der Waals surface area contributed by atoms with E-state index in [9.17, 15) is 9.59 Å². The number of hydrogen-bond donors (Lipinski definition) is 1. The first kappa shape index (κ1) is 21.4. The number of carboxylic acid groups (broad SMARTS) is 1. The number of benzene rings is 2. The van der Waals surface area contributed by atoms with Crippen LogP contribution in [0.1, 0.15) is 33.6 Å². The number of aliphatic carboxylic acids is 1. The molecule has 32 heavy (non-hydrogen) atoms. The van der Waals surface area contributed by atoms with Crippen molar-refractivity contribution in [2.45, 2.75) is 12.8 Å². The van der Waals surface area contributed by atoms with E-state index >= 15 is 0 Å². The van der Waals surface area contributed by atoms with Gasteiger partial charge < -0.3 is 9.84 Å². The average Bonchev–Trinajstić information content (AvgIpc) is 3.24. The van der Waals surface area contributed by atoms with Crippen molar-refractivity contribution in [2.75, 3.05) is 7.11 Å². The van der Waals surface area contributed by atoms with Crippen LogP contribution in [0.2, 0.25) is 0 Å². The Morgan fingerprint density at radius 1 is 0.969 bits per heavy atom. The van der Waals surface area contributed by atoms with Crippen molar-refractivity contribution in [1.82, 2.24) is 4.98 Å². The summed E-state index contributed by atoms with van der Waals surface area (Å²) in [5.41, 5.74) is 3.26. The fourth-order valence-electron chi connectivity index (χ4n) is 3.24. The lowest BCUT2D eigenvalue weighted by atomic mass is 10.0. The largest absolute Gasteiger partial charge is 0.493 e. The monoisotopic (exact) mass is 444 g/mol. The number of Topliss-reactive ketones (excluding diaryl/α,β-unsaturated/α-hetero) is 1. The molecule has 6 nitrogen and oxygen atoms in total. The maximum Gasteiger partial charge on any atom is 0.303 e. The Bertz CT molecular complexity index is 1260. The van der Waals surface area contributed by atoms with Gasteiger partial charge in [-0.15, -0.1) is 11.3 Å². The molecule has 0 unspecified atom stereocenters. The highest BCUT2D eigenvalue weighted by Crippen LogP contribution is 2.35. The van der Waals surface area contributed by atoms with Gasteiger partial charge in [0.1, 0.15) is 0 Å². The maximum atomic E-state index is 12.4. The molecular weight excluding hydrogens is 424 g/mol. The van der Waals surface area contributed by atoms with Gasteiger partial charge in [-0.2, -0.15) is 0 Å². The van der Waals surface area contributed by atoms with Crippen LogP contribution in [0.3, 0.4) is 0 Å². The van der Waals surface area contributed by atoms with Crippen molar-refractivity contribution < 1.29 is 19.4 Å². The molecule has 0 bridgehead atoms. The lowest BCUT2D eigenvalue weighted by molar-refractivity contribution is -0.136. The molecule has 0 amide bonds. The number of ether oxygens (including phenoxy) is 1. The van der Waals surface area contributed by atoms with Crippen LogP contribution in [0.4, 0.5) is 5.82 Å². The van der Waals surface area contributed by atoms with E-state index in [1.165, 1.54) is 11.3 Å². The maximum absolute atomic E-state index is 12.4. The van der Waals surface area contributed by atoms with E-state index in [1.54, 1.807) is 13.2 Å². The van der Waals surface area contributed by atoms with Crippen LogP contribution < -0.4 is 4.74 Å². The normalized spacial score (nSPS) is 10.7. The molecule has 2 aromatic carbocycles. The third-order valence-electron chi connectivity index (χ3n) is 4.82. The fourth-order valence-corrected chi connectivity index (χ4v) is 4.24. The molecular formula is C25H20N2O4S. The Morgan fingerprint density at radius 3 is 2.16 bits per heavy atom. The van der Waals surface area contributed by atoms with Crippen LogP contribution >= 0.6 is 11.3 Å². The van der Waals surface area contributed by atoms with Crippen molar-refractivity contribution in [1.29, 1.82) is 0 Å². The third-order valence-corrected chi connectivity index (χ3v) is 5.93. The van der Waals surface area contributed by atoms with Crippen LogP contribution in [0.15, 0.2) is 77.8 Å². The number of carbonyl (C=O) groups excluding carboxylic acids is 1. The molecule has 0 radical (unpaired) electrons. The van der Waals surface area contributed by atoms with Gasteiger partial charge in [0.25, 0.3) is 0 Å². The second kappa shape index (κ2) is 9.53. The van der Waals surface area contributed by atoms with Crippen molar-refractivity contribution >= 4 is 44.8 Å². The highest BCUT2D eigenvalue weighted by Gasteiger charge is 2.16. The first-order valence-corrected chi connectivity index (χ1v) is 10.8. The minimum atomic E-state index is -0.995. The Balaban J connectivity index is 1.80. The number of carbonyl (C=O) groups is 2. The molecule has 0 atom stereocenters. The van der Waals surface area contributed by atoms with E-state index in [-0.39, 0.29) is 18.6 Å². The Hall–Kier alpha value is -3.84. The zero-order valence-electron chi connectivity index (χ0n) is 17.3. The second-order valence-electron chi connectivity index (χ2n) is 7.02. The van der Waals surface area contributed by atoms with E-state index in [0.29, 0.717) is 22.0 Å². The molecule has 0 saturated carbocycles. The van der Waals surface area contributed by atoms with Crippen LogP contribution in [0, 0.1) is 0 Å². The lowest BCUT2D eigenvalue weighted by Gasteiger charge is -2.09. The van der Waals surface area contributed by atoms with Crippen molar-refractivity contribution in [3.8, 4) is 5.75 Å². The zero-order chi connectivity index (χ0) is 22.5. The quantitative estimate of drug-likeness (QED) is 0.285. The number of fused-ring (bicyclic) bond motifs is 1. The van der Waals surface area contributed by atoms with Crippen molar-refractivity contribution in [3.05, 3.63) is 88.8 Å². The number of rotatable bonds is 8. The Kier molecular flexibility index (Phi) is 6.37. The molecule has 1 N–H and O–H groups in total. The average molecular weight is 445 g/mol. The van der Waals surface area contributed by atoms with E-state index in [0.717, 1.165) is 21.5 Å². The summed E-state index contributed by atoms with van der Waals surface area (Å²) in [6, 6.07) is 23.2. The van der Waals surface area contributed by atoms with Crippen LogP contribution in [-0.2, 0) is 4.79 Å². The van der Waals surface area contributed by atoms with E-state index in [2.05, 4.69) is 4.98 Å². The number of ketones is 1. The van der Waals surface area contributed by atoms with E-state index < -0.39 is 5.97 Å². The van der Waals surface area contributed by atoms with Crippen molar-refractivity contribution in [2.24, 2.45) is 4.99 Å². The summed E-state index contributed by atoms with van der Waals surface area (Å²) in [4.78, 5) is 33.1. The summed E-state index contributed by atoms with van der Waals surface area (Å²) in [6.45, 7) is 0. The summed E-state index contributed by atoms with van der Waals surface area (Å²) in [7, 11) is 1.55. The van der Waals surface area contributed by atoms with E-state index in [1.807, 2.05) is 66.7 Å². The van der Waals surface area contributed by atoms with Gasteiger partial charge >= 0.3 is 5.97 Å². The van der Waals surface area contributed by atoms with Crippen LogP contribution in [-0.4, -0.2) is 34.7 Å². The van der Waals surface area contributed by atoms with Gasteiger partial charge in [-0.25, -0.2) is 9.98 Å². The standard InChI is InChI=1S/C25H20N2O4S/c1-31-20-15-21-18(14-22(32-21)19(28)12-13-23(29)30)26-25(20)27-24(16-8-4-2-5-9-16)17-10-6-3-7-11-17/h2-11,14-15H,12-13H2,1H3,(H,29,30). The number of aromatic nitrogens is 1. The molecule has 2 heterocycles. The topological polar surface area (TPSA) is 88.9 Å². The van der Waals surface area contributed by atoms with Crippen LogP contribution in [0.25, 0.3) is 10.2 Å². The number of pyridine rings is 1. The third kappa shape index (κ3) is 4.73. The van der Waals surface area contributed by atoms with Gasteiger partial charge in [-0.1, -0.05) is 60.7 Å². The summed E-state index contributed by atoms with van der Waals surface area (Å²) in [6.07, 6.45) is -0.243. The number of nitrogens with zero attached hydrogens (tertiary/aromatic N) is 2. The zero-order valence-corrected chi connectivity index (χ0v) is 18.1. The SMILES string of the molecule is COc1cc2sc(C(=O)CCC(=O)O)cc2nc1N=C(c1ccccc1)c1ccccc1. The predicted molar refractivity (Wildman–Crippen MR) is 126 cm³/mol. The summed E-state index contributed by atoms with van der Waals surface area (Å²) >= 11 is 1.27. The molecule has 0 fully saturated rings. The molecule has 0 aliphatic heterocycles. The summed E-state index contributed by atoms with van der Waals surface area (Å²) in [5.74, 6) is -0.308. The fraction of sp³-hybridized carbons (Fsp3) is 0.120. The van der Waals surface area contributed by atoms with Gasteiger partial charge in [-0.3, -0.25) is 9.59 Å². The second-order valence-corrected chi connectivity index (χ2v) is 8.10. The predicted octanol–water partition coefficient (Wildman–Crippen LogP) is 5.52. The number of carboxylic acids is 1. The Morgan fingerprint density at radius 2 is 1.59 bits per heavy atom. The Labute approximate surface area is 188 Å². The van der Waals surface area contributed by atoms with Crippen LogP contribution in [0.5, 0.6) is 5.75 Å². The smallest absolute Gasteiger partial charge is 0.303 e. The number of hydrogen-bond acceptors (Lipinski definition) is 6. The first-order chi connectivity index (χ1) is 15.5. The molecule has 7 heteroatoms. The van der Waals surface area contributed by atoms with Crippen molar-refractivity contribution in [3.63, 3.8) is 0 Å². The van der Waals surface area contributed by atoms with E-state index in [4.69, 9.17) is 14.8 Å². The lowest BCUT2D eigenvalue weighted by Crippen LogP contribution is -2.03. The number of methoxy groups -OCH3 is 1.